The fraction of sp³-hybridized carbons (Fsp3) is 0.267. The number of hydrogen-bond donors (Lipinski definition) is 0. The molecule has 0 aliphatic rings. The second kappa shape index (κ2) is 6.49. The first-order chi connectivity index (χ1) is 10.1. The maximum Gasteiger partial charge on any atom is 0.358 e. The summed E-state index contributed by atoms with van der Waals surface area (Å²) >= 11 is 1.17. The minimum absolute atomic E-state index is 0.0619. The Morgan fingerprint density at radius 1 is 1.33 bits per heavy atom. The molecular weight excluding hydrogens is 290 g/mol. The fourth-order valence-corrected chi connectivity index (χ4v) is 2.75. The molecule has 0 spiro atoms. The summed E-state index contributed by atoms with van der Waals surface area (Å²) in [6, 6.07) is 7.36. The molecule has 0 aliphatic heterocycles. The third-order valence-corrected chi connectivity index (χ3v) is 3.92. The van der Waals surface area contributed by atoms with E-state index < -0.39 is 5.97 Å². The summed E-state index contributed by atoms with van der Waals surface area (Å²) < 4.78 is 10.1. The summed E-state index contributed by atoms with van der Waals surface area (Å²) in [6.07, 6.45) is 0. The highest BCUT2D eigenvalue weighted by Gasteiger charge is 2.22. The highest BCUT2D eigenvalue weighted by atomic mass is 32.1. The van der Waals surface area contributed by atoms with Gasteiger partial charge in [-0.1, -0.05) is 12.1 Å². The average Bonchev–Trinajstić information content (AvgIpc) is 2.92. The van der Waals surface area contributed by atoms with Gasteiger partial charge in [0.25, 0.3) is 0 Å². The zero-order chi connectivity index (χ0) is 15.4. The van der Waals surface area contributed by atoms with Gasteiger partial charge in [-0.3, -0.25) is 4.79 Å². The zero-order valence-electron chi connectivity index (χ0n) is 12.0. The first-order valence-corrected chi connectivity index (χ1v) is 7.21. The topological polar surface area (TPSA) is 65.5 Å². The van der Waals surface area contributed by atoms with Crippen molar-refractivity contribution in [2.24, 2.45) is 0 Å². The number of carbonyl (C=O) groups is 2. The lowest BCUT2D eigenvalue weighted by molar-refractivity contribution is 0.0591. The van der Waals surface area contributed by atoms with Gasteiger partial charge in [0.1, 0.15) is 15.6 Å². The van der Waals surface area contributed by atoms with E-state index in [0.29, 0.717) is 22.2 Å². The van der Waals surface area contributed by atoms with Crippen LogP contribution in [0.15, 0.2) is 24.3 Å². The van der Waals surface area contributed by atoms with Crippen LogP contribution in [0.25, 0.3) is 10.6 Å². The number of carbonyl (C=O) groups excluding carboxylic acids is 2. The summed E-state index contributed by atoms with van der Waals surface area (Å²) in [7, 11) is 1.26. The minimum atomic E-state index is -0.608. The summed E-state index contributed by atoms with van der Waals surface area (Å²) in [5.41, 5.74) is 0.857. The van der Waals surface area contributed by atoms with Crippen molar-refractivity contribution in [1.82, 2.24) is 4.98 Å². The van der Waals surface area contributed by atoms with Crippen LogP contribution in [-0.2, 0) is 4.74 Å². The molecule has 1 aromatic carbocycles. The van der Waals surface area contributed by atoms with Crippen LogP contribution in [0.4, 0.5) is 0 Å². The largest absolute Gasteiger partial charge is 0.494 e. The molecule has 0 amide bonds. The first-order valence-electron chi connectivity index (χ1n) is 6.40. The Bertz CT molecular complexity index is 678. The summed E-state index contributed by atoms with van der Waals surface area (Å²) in [4.78, 5) is 27.9. The zero-order valence-corrected chi connectivity index (χ0v) is 12.8. The predicted octanol–water partition coefficient (Wildman–Crippen LogP) is 3.20. The monoisotopic (exact) mass is 305 g/mol. The van der Waals surface area contributed by atoms with Gasteiger partial charge in [0.15, 0.2) is 11.5 Å². The molecule has 21 heavy (non-hydrogen) atoms. The Labute approximate surface area is 126 Å². The van der Waals surface area contributed by atoms with Crippen LogP contribution in [0, 0.1) is 0 Å². The number of methoxy groups -OCH3 is 1. The molecule has 0 N–H and O–H groups in total. The van der Waals surface area contributed by atoms with Crippen molar-refractivity contribution >= 4 is 23.1 Å². The maximum atomic E-state index is 11.7. The number of Topliss-reactive ketones (excluding diaryl/α,β-unsaturated/α-hetero) is 1. The van der Waals surface area contributed by atoms with Crippen molar-refractivity contribution in [2.75, 3.05) is 13.7 Å². The van der Waals surface area contributed by atoms with E-state index in [2.05, 4.69) is 9.72 Å². The molecule has 0 fully saturated rings. The predicted molar refractivity (Wildman–Crippen MR) is 80.1 cm³/mol. The van der Waals surface area contributed by atoms with E-state index in [1.54, 1.807) is 0 Å². The van der Waals surface area contributed by atoms with Gasteiger partial charge in [-0.15, -0.1) is 11.3 Å². The molecule has 0 saturated heterocycles. The lowest BCUT2D eigenvalue weighted by Crippen LogP contribution is -2.06. The number of ketones is 1. The number of nitrogens with zero attached hydrogens (tertiary/aromatic N) is 1. The molecule has 0 aliphatic carbocycles. The third-order valence-electron chi connectivity index (χ3n) is 2.72. The SMILES string of the molecule is CCOc1cccc(-c2nc(C(=O)OC)c(C(C)=O)s2)c1. The number of benzene rings is 1. The molecule has 0 atom stereocenters. The van der Waals surface area contributed by atoms with Gasteiger partial charge in [-0.2, -0.15) is 0 Å². The molecule has 0 saturated carbocycles. The van der Waals surface area contributed by atoms with Crippen molar-refractivity contribution < 1.29 is 19.1 Å². The Hall–Kier alpha value is -2.21. The van der Waals surface area contributed by atoms with Crippen LogP contribution in [0.5, 0.6) is 5.75 Å². The smallest absolute Gasteiger partial charge is 0.358 e. The van der Waals surface area contributed by atoms with Crippen LogP contribution in [0.3, 0.4) is 0 Å². The van der Waals surface area contributed by atoms with E-state index in [1.807, 2.05) is 31.2 Å². The van der Waals surface area contributed by atoms with E-state index in [-0.39, 0.29) is 11.5 Å². The van der Waals surface area contributed by atoms with Gasteiger partial charge in [0.05, 0.1) is 13.7 Å². The summed E-state index contributed by atoms with van der Waals surface area (Å²) in [5, 5.41) is 0.585. The molecule has 5 nitrogen and oxygen atoms in total. The van der Waals surface area contributed by atoms with Crippen LogP contribution >= 0.6 is 11.3 Å². The Balaban J connectivity index is 2.47. The number of rotatable bonds is 5. The lowest BCUT2D eigenvalue weighted by Gasteiger charge is -2.03. The molecule has 2 aromatic rings. The van der Waals surface area contributed by atoms with Crippen LogP contribution < -0.4 is 4.74 Å². The van der Waals surface area contributed by atoms with E-state index in [9.17, 15) is 9.59 Å². The van der Waals surface area contributed by atoms with Crippen molar-refractivity contribution in [2.45, 2.75) is 13.8 Å². The van der Waals surface area contributed by atoms with Gasteiger partial charge in [-0.05, 0) is 19.1 Å². The van der Waals surface area contributed by atoms with Gasteiger partial charge in [0, 0.05) is 12.5 Å². The van der Waals surface area contributed by atoms with E-state index in [0.717, 1.165) is 5.56 Å². The van der Waals surface area contributed by atoms with E-state index >= 15 is 0 Å². The van der Waals surface area contributed by atoms with Crippen molar-refractivity contribution in [3.8, 4) is 16.3 Å². The molecule has 0 unspecified atom stereocenters. The normalized spacial score (nSPS) is 10.2. The van der Waals surface area contributed by atoms with Crippen LogP contribution in [0.1, 0.15) is 34.0 Å². The maximum absolute atomic E-state index is 11.7. The van der Waals surface area contributed by atoms with Crippen LogP contribution in [0.2, 0.25) is 0 Å². The minimum Gasteiger partial charge on any atom is -0.494 e. The van der Waals surface area contributed by atoms with E-state index in [4.69, 9.17) is 4.74 Å². The van der Waals surface area contributed by atoms with Gasteiger partial charge < -0.3 is 9.47 Å². The third kappa shape index (κ3) is 3.28. The quantitative estimate of drug-likeness (QED) is 0.627. The van der Waals surface area contributed by atoms with Crippen molar-refractivity contribution in [3.05, 3.63) is 34.8 Å². The second-order valence-electron chi connectivity index (χ2n) is 4.21. The molecule has 1 heterocycles. The molecule has 2 rings (SSSR count). The molecule has 6 heteroatoms. The van der Waals surface area contributed by atoms with Crippen molar-refractivity contribution in [1.29, 1.82) is 0 Å². The standard InChI is InChI=1S/C15H15NO4S/c1-4-20-11-7-5-6-10(8-11)14-16-12(15(18)19-3)13(21-14)9(2)17/h5-8H,4H2,1-3H3. The Kier molecular flexibility index (Phi) is 4.70. The highest BCUT2D eigenvalue weighted by Crippen LogP contribution is 2.31. The lowest BCUT2D eigenvalue weighted by atomic mass is 10.2. The molecule has 0 radical (unpaired) electrons. The fourth-order valence-electron chi connectivity index (χ4n) is 1.80. The summed E-state index contributed by atoms with van der Waals surface area (Å²) in [5.74, 6) is -0.0991. The number of aromatic nitrogens is 1. The van der Waals surface area contributed by atoms with Gasteiger partial charge in [0.2, 0.25) is 0 Å². The number of hydrogen-bond acceptors (Lipinski definition) is 6. The molecular formula is C15H15NO4S. The molecule has 0 bridgehead atoms. The Morgan fingerprint density at radius 3 is 2.71 bits per heavy atom. The first kappa shape index (κ1) is 15.2. The van der Waals surface area contributed by atoms with Gasteiger partial charge in [-0.25, -0.2) is 9.78 Å². The second-order valence-corrected chi connectivity index (χ2v) is 5.20. The molecule has 1 aromatic heterocycles. The summed E-state index contributed by atoms with van der Waals surface area (Å²) in [6.45, 7) is 3.87. The number of esters is 1. The Morgan fingerprint density at radius 2 is 2.10 bits per heavy atom. The van der Waals surface area contributed by atoms with Crippen LogP contribution in [-0.4, -0.2) is 30.5 Å². The van der Waals surface area contributed by atoms with E-state index in [1.165, 1.54) is 25.4 Å². The van der Waals surface area contributed by atoms with Gasteiger partial charge >= 0.3 is 5.97 Å². The molecule has 110 valence electrons. The van der Waals surface area contributed by atoms with Crippen molar-refractivity contribution in [3.63, 3.8) is 0 Å². The highest BCUT2D eigenvalue weighted by molar-refractivity contribution is 7.17. The number of thiazole rings is 1. The number of ether oxygens (including phenoxy) is 2. The average molecular weight is 305 g/mol.